The zero-order chi connectivity index (χ0) is 11.3. The standard InChI is InChI=1S/C9H10N2O4/c1-14-8(12)7-4-3-6(5-10-7)11-9(13)15-2/h3-5H,1-2H3,(H,11,13). The summed E-state index contributed by atoms with van der Waals surface area (Å²) in [6.45, 7) is 0. The largest absolute Gasteiger partial charge is 0.464 e. The van der Waals surface area contributed by atoms with Gasteiger partial charge in [0, 0.05) is 0 Å². The molecule has 0 atom stereocenters. The number of aromatic nitrogens is 1. The maximum Gasteiger partial charge on any atom is 0.411 e. The van der Waals surface area contributed by atoms with E-state index >= 15 is 0 Å². The van der Waals surface area contributed by atoms with Crippen molar-refractivity contribution in [2.75, 3.05) is 19.5 Å². The average Bonchev–Trinajstić information content (AvgIpc) is 2.29. The van der Waals surface area contributed by atoms with Crippen molar-refractivity contribution in [1.29, 1.82) is 0 Å². The number of hydrogen-bond donors (Lipinski definition) is 1. The highest BCUT2D eigenvalue weighted by molar-refractivity contribution is 5.88. The molecule has 0 aliphatic carbocycles. The first-order valence-electron chi connectivity index (χ1n) is 4.06. The number of esters is 1. The number of carbonyl (C=O) groups excluding carboxylic acids is 2. The number of rotatable bonds is 2. The quantitative estimate of drug-likeness (QED) is 0.738. The van der Waals surface area contributed by atoms with Gasteiger partial charge in [-0.1, -0.05) is 0 Å². The maximum atomic E-state index is 11.0. The van der Waals surface area contributed by atoms with Crippen molar-refractivity contribution < 1.29 is 19.1 Å². The minimum Gasteiger partial charge on any atom is -0.464 e. The molecular weight excluding hydrogens is 200 g/mol. The number of pyridine rings is 1. The Morgan fingerprint density at radius 1 is 1.27 bits per heavy atom. The second-order valence-electron chi connectivity index (χ2n) is 2.54. The molecule has 80 valence electrons. The van der Waals surface area contributed by atoms with Crippen molar-refractivity contribution in [3.05, 3.63) is 24.0 Å². The molecule has 0 saturated carbocycles. The van der Waals surface area contributed by atoms with E-state index in [1.165, 1.54) is 32.5 Å². The average molecular weight is 210 g/mol. The highest BCUT2D eigenvalue weighted by Crippen LogP contribution is 2.06. The van der Waals surface area contributed by atoms with Crippen molar-refractivity contribution in [2.24, 2.45) is 0 Å². The van der Waals surface area contributed by atoms with Gasteiger partial charge in [0.05, 0.1) is 26.1 Å². The first kappa shape index (κ1) is 11.0. The SMILES string of the molecule is COC(=O)Nc1ccc(C(=O)OC)nc1. The second kappa shape index (κ2) is 4.94. The van der Waals surface area contributed by atoms with Crippen LogP contribution in [0.3, 0.4) is 0 Å². The molecule has 0 aliphatic rings. The van der Waals surface area contributed by atoms with Crippen LogP contribution in [0.5, 0.6) is 0 Å². The van der Waals surface area contributed by atoms with Crippen molar-refractivity contribution in [1.82, 2.24) is 4.98 Å². The predicted molar refractivity (Wildman–Crippen MR) is 51.6 cm³/mol. The van der Waals surface area contributed by atoms with Crippen molar-refractivity contribution in [3.63, 3.8) is 0 Å². The summed E-state index contributed by atoms with van der Waals surface area (Å²) in [6.07, 6.45) is 0.742. The van der Waals surface area contributed by atoms with Gasteiger partial charge < -0.3 is 9.47 Å². The molecule has 6 nitrogen and oxygen atoms in total. The van der Waals surface area contributed by atoms with Crippen LogP contribution < -0.4 is 5.32 Å². The Morgan fingerprint density at radius 2 is 2.00 bits per heavy atom. The van der Waals surface area contributed by atoms with E-state index in [2.05, 4.69) is 19.8 Å². The van der Waals surface area contributed by atoms with E-state index in [1.54, 1.807) is 0 Å². The monoisotopic (exact) mass is 210 g/mol. The molecule has 0 unspecified atom stereocenters. The summed E-state index contributed by atoms with van der Waals surface area (Å²) in [5.41, 5.74) is 0.613. The second-order valence-corrected chi connectivity index (χ2v) is 2.54. The Hall–Kier alpha value is -2.11. The molecule has 0 fully saturated rings. The number of nitrogens with one attached hydrogen (secondary N) is 1. The lowest BCUT2D eigenvalue weighted by atomic mass is 10.3. The summed E-state index contributed by atoms with van der Waals surface area (Å²) >= 11 is 0. The number of hydrogen-bond acceptors (Lipinski definition) is 5. The summed E-state index contributed by atoms with van der Waals surface area (Å²) in [5.74, 6) is -0.528. The fourth-order valence-electron chi connectivity index (χ4n) is 0.862. The molecule has 0 saturated heterocycles. The maximum absolute atomic E-state index is 11.0. The highest BCUT2D eigenvalue weighted by Gasteiger charge is 2.07. The summed E-state index contributed by atoms with van der Waals surface area (Å²) in [6, 6.07) is 2.97. The van der Waals surface area contributed by atoms with Gasteiger partial charge in [-0.15, -0.1) is 0 Å². The fraction of sp³-hybridized carbons (Fsp3) is 0.222. The highest BCUT2D eigenvalue weighted by atomic mass is 16.5. The molecule has 1 N–H and O–H groups in total. The Labute approximate surface area is 86.2 Å². The van der Waals surface area contributed by atoms with Crippen LogP contribution in [-0.4, -0.2) is 31.3 Å². The Balaban J connectivity index is 2.72. The number of ether oxygens (including phenoxy) is 2. The van der Waals surface area contributed by atoms with Gasteiger partial charge in [-0.2, -0.15) is 0 Å². The van der Waals surface area contributed by atoms with Crippen LogP contribution in [0, 0.1) is 0 Å². The number of carbonyl (C=O) groups is 2. The van der Waals surface area contributed by atoms with Crippen LogP contribution in [0.2, 0.25) is 0 Å². The topological polar surface area (TPSA) is 77.5 Å². The molecule has 0 bridgehead atoms. The smallest absolute Gasteiger partial charge is 0.411 e. The van der Waals surface area contributed by atoms with Crippen LogP contribution in [0.25, 0.3) is 0 Å². The molecule has 6 heteroatoms. The van der Waals surface area contributed by atoms with Crippen LogP contribution in [0.15, 0.2) is 18.3 Å². The fourth-order valence-corrected chi connectivity index (χ4v) is 0.862. The van der Waals surface area contributed by atoms with E-state index in [0.717, 1.165) is 0 Å². The zero-order valence-corrected chi connectivity index (χ0v) is 8.31. The van der Waals surface area contributed by atoms with Crippen LogP contribution in [0.1, 0.15) is 10.5 Å². The Bertz CT molecular complexity index is 361. The lowest BCUT2D eigenvalue weighted by Crippen LogP contribution is -2.11. The molecule has 1 aromatic heterocycles. The van der Waals surface area contributed by atoms with E-state index in [9.17, 15) is 9.59 Å². The molecule has 0 aromatic carbocycles. The van der Waals surface area contributed by atoms with E-state index < -0.39 is 12.1 Å². The summed E-state index contributed by atoms with van der Waals surface area (Å²) < 4.78 is 8.85. The van der Waals surface area contributed by atoms with Crippen LogP contribution in [-0.2, 0) is 9.47 Å². The molecule has 15 heavy (non-hydrogen) atoms. The molecular formula is C9H10N2O4. The molecule has 1 rings (SSSR count). The molecule has 1 aromatic rings. The zero-order valence-electron chi connectivity index (χ0n) is 8.31. The number of amides is 1. The normalized spacial score (nSPS) is 9.20. The number of methoxy groups -OCH3 is 2. The number of anilines is 1. The minimum absolute atomic E-state index is 0.174. The summed E-state index contributed by atoms with van der Waals surface area (Å²) in [4.78, 5) is 25.6. The third kappa shape index (κ3) is 2.94. The first-order valence-corrected chi connectivity index (χ1v) is 4.06. The van der Waals surface area contributed by atoms with Crippen molar-refractivity contribution in [2.45, 2.75) is 0 Å². The Morgan fingerprint density at radius 3 is 2.47 bits per heavy atom. The van der Waals surface area contributed by atoms with Crippen LogP contribution >= 0.6 is 0 Å². The van der Waals surface area contributed by atoms with Gasteiger partial charge in [0.1, 0.15) is 5.69 Å². The van der Waals surface area contributed by atoms with E-state index in [0.29, 0.717) is 5.69 Å². The molecule has 0 spiro atoms. The predicted octanol–water partition coefficient (Wildman–Crippen LogP) is 1.05. The van der Waals surface area contributed by atoms with E-state index in [1.807, 2.05) is 0 Å². The van der Waals surface area contributed by atoms with Gasteiger partial charge in [0.2, 0.25) is 0 Å². The van der Waals surface area contributed by atoms with Crippen molar-refractivity contribution >= 4 is 17.7 Å². The van der Waals surface area contributed by atoms with Crippen molar-refractivity contribution in [3.8, 4) is 0 Å². The summed E-state index contributed by atoms with van der Waals surface area (Å²) in [5, 5.41) is 2.40. The summed E-state index contributed by atoms with van der Waals surface area (Å²) in [7, 11) is 2.52. The van der Waals surface area contributed by atoms with Gasteiger partial charge >= 0.3 is 12.1 Å². The third-order valence-electron chi connectivity index (χ3n) is 1.59. The van der Waals surface area contributed by atoms with Gasteiger partial charge in [-0.05, 0) is 12.1 Å². The van der Waals surface area contributed by atoms with Gasteiger partial charge in [-0.25, -0.2) is 14.6 Å². The molecule has 0 aliphatic heterocycles. The minimum atomic E-state index is -0.595. The Kier molecular flexibility index (Phi) is 3.61. The van der Waals surface area contributed by atoms with Gasteiger partial charge in [0.25, 0.3) is 0 Å². The number of nitrogens with zero attached hydrogens (tertiary/aromatic N) is 1. The molecule has 1 heterocycles. The lowest BCUT2D eigenvalue weighted by molar-refractivity contribution is 0.0594. The van der Waals surface area contributed by atoms with Crippen LogP contribution in [0.4, 0.5) is 10.5 Å². The van der Waals surface area contributed by atoms with E-state index in [4.69, 9.17) is 0 Å². The first-order chi connectivity index (χ1) is 7.17. The van der Waals surface area contributed by atoms with Gasteiger partial charge in [0.15, 0.2) is 0 Å². The van der Waals surface area contributed by atoms with E-state index in [-0.39, 0.29) is 5.69 Å². The molecule has 0 radical (unpaired) electrons. The van der Waals surface area contributed by atoms with Gasteiger partial charge in [-0.3, -0.25) is 5.32 Å². The molecule has 1 amide bonds. The lowest BCUT2D eigenvalue weighted by Gasteiger charge is -2.03. The third-order valence-corrected chi connectivity index (χ3v) is 1.59.